The van der Waals surface area contributed by atoms with Gasteiger partial charge in [-0.1, -0.05) is 0 Å². The van der Waals surface area contributed by atoms with Crippen LogP contribution in [-0.4, -0.2) is 29.7 Å². The number of hydrogen-bond acceptors (Lipinski definition) is 9. The molecule has 0 aromatic carbocycles. The number of nitro groups is 2. The summed E-state index contributed by atoms with van der Waals surface area (Å²) in [4.78, 5) is 43.5. The molecule has 0 N–H and O–H groups in total. The van der Waals surface area contributed by atoms with Gasteiger partial charge in [-0.3, -0.25) is 9.59 Å². The third kappa shape index (κ3) is 1.25. The zero-order valence-corrected chi connectivity index (χ0v) is 7.54. The van der Waals surface area contributed by atoms with Gasteiger partial charge in [-0.05, 0) is 10.3 Å². The molecule has 2 aromatic rings. The maximum atomic E-state index is 11.2. The van der Waals surface area contributed by atoms with Gasteiger partial charge in [0.2, 0.25) is 0 Å². The first-order valence-corrected chi connectivity index (χ1v) is 3.75. The van der Waals surface area contributed by atoms with E-state index in [0.717, 1.165) is 0 Å². The fourth-order valence-corrected chi connectivity index (χ4v) is 1.12. The SMILES string of the molecule is O=c1c(=O)n([N+](=O)[O-])c2nonc2n1[N+](=O)[O-]. The molecule has 0 saturated heterocycles. The van der Waals surface area contributed by atoms with Gasteiger partial charge < -0.3 is 0 Å². The molecule has 2 rings (SSSR count). The average Bonchev–Trinajstić information content (AvgIpc) is 2.66. The number of nitrogens with zero attached hydrogens (tertiary/aromatic N) is 6. The summed E-state index contributed by atoms with van der Waals surface area (Å²) in [6.45, 7) is 0. The number of fused-ring (bicyclic) bond motifs is 1. The van der Waals surface area contributed by atoms with Crippen LogP contribution in [0.1, 0.15) is 0 Å². The third-order valence-corrected chi connectivity index (χ3v) is 1.75. The molecule has 0 aliphatic rings. The van der Waals surface area contributed by atoms with Crippen molar-refractivity contribution in [2.24, 2.45) is 0 Å². The molecule has 0 fully saturated rings. The van der Waals surface area contributed by atoms with Crippen LogP contribution in [0.15, 0.2) is 14.2 Å². The van der Waals surface area contributed by atoms with Crippen molar-refractivity contribution < 1.29 is 14.7 Å². The average molecular weight is 244 g/mol. The molecule has 0 bridgehead atoms. The van der Waals surface area contributed by atoms with Crippen LogP contribution in [0, 0.1) is 20.2 Å². The van der Waals surface area contributed by atoms with Gasteiger partial charge in [0.1, 0.15) is 0 Å². The summed E-state index contributed by atoms with van der Waals surface area (Å²) in [5.41, 5.74) is -5.16. The lowest BCUT2D eigenvalue weighted by atomic mass is 10.6. The molecule has 0 amide bonds. The normalized spacial score (nSPS) is 10.6. The Morgan fingerprint density at radius 3 is 1.59 bits per heavy atom. The van der Waals surface area contributed by atoms with Crippen LogP contribution >= 0.6 is 0 Å². The van der Waals surface area contributed by atoms with E-state index in [-0.39, 0.29) is 9.35 Å². The minimum atomic E-state index is -1.74. The number of rotatable bonds is 2. The second kappa shape index (κ2) is 3.19. The van der Waals surface area contributed by atoms with Crippen molar-refractivity contribution in [3.05, 3.63) is 40.9 Å². The Kier molecular flexibility index (Phi) is 1.95. The van der Waals surface area contributed by atoms with E-state index in [0.29, 0.717) is 0 Å². The molecule has 0 atom stereocenters. The van der Waals surface area contributed by atoms with Crippen LogP contribution in [0.25, 0.3) is 11.3 Å². The van der Waals surface area contributed by atoms with Crippen molar-refractivity contribution in [3.63, 3.8) is 0 Å². The highest BCUT2D eigenvalue weighted by atomic mass is 16.7. The smallest absolute Gasteiger partial charge is 0.256 e. The van der Waals surface area contributed by atoms with E-state index in [9.17, 15) is 29.8 Å². The summed E-state index contributed by atoms with van der Waals surface area (Å²) in [7, 11) is 0. The Morgan fingerprint density at radius 1 is 0.941 bits per heavy atom. The molecule has 13 heteroatoms. The first-order valence-electron chi connectivity index (χ1n) is 3.75. The Morgan fingerprint density at radius 2 is 1.29 bits per heavy atom. The van der Waals surface area contributed by atoms with Gasteiger partial charge in [-0.25, -0.2) is 24.9 Å². The molecule has 13 nitrogen and oxygen atoms in total. The number of hydrogen-bond donors (Lipinski definition) is 0. The predicted molar refractivity (Wildman–Crippen MR) is 45.1 cm³/mol. The molecule has 88 valence electrons. The molecule has 17 heavy (non-hydrogen) atoms. The summed E-state index contributed by atoms with van der Waals surface area (Å²) >= 11 is 0. The molecule has 2 heterocycles. The lowest BCUT2D eigenvalue weighted by Crippen LogP contribution is -2.45. The van der Waals surface area contributed by atoms with Crippen molar-refractivity contribution in [3.8, 4) is 0 Å². The molecule has 0 aliphatic carbocycles. The molecular weight excluding hydrogens is 244 g/mol. The fraction of sp³-hybridized carbons (Fsp3) is 0. The summed E-state index contributed by atoms with van der Waals surface area (Å²) in [5.74, 6) is 0. The van der Waals surface area contributed by atoms with Crippen LogP contribution in [0.4, 0.5) is 0 Å². The number of aromatic nitrogens is 4. The highest BCUT2D eigenvalue weighted by Gasteiger charge is 2.29. The van der Waals surface area contributed by atoms with E-state index in [1.54, 1.807) is 0 Å². The van der Waals surface area contributed by atoms with Crippen LogP contribution in [0.2, 0.25) is 0 Å². The van der Waals surface area contributed by atoms with E-state index < -0.39 is 32.5 Å². The highest BCUT2D eigenvalue weighted by Crippen LogP contribution is 2.03. The summed E-state index contributed by atoms with van der Waals surface area (Å²) in [5, 5.41) is 24.4. The van der Waals surface area contributed by atoms with Gasteiger partial charge in [-0.2, -0.15) is 0 Å². The summed E-state index contributed by atoms with van der Waals surface area (Å²) in [6.07, 6.45) is 0. The van der Waals surface area contributed by atoms with Gasteiger partial charge >= 0.3 is 11.1 Å². The fourth-order valence-electron chi connectivity index (χ4n) is 1.12. The Bertz CT molecular complexity index is 688. The van der Waals surface area contributed by atoms with Gasteiger partial charge in [0, 0.05) is 9.35 Å². The zero-order valence-electron chi connectivity index (χ0n) is 7.54. The van der Waals surface area contributed by atoms with Crippen LogP contribution in [0.3, 0.4) is 0 Å². The van der Waals surface area contributed by atoms with Crippen molar-refractivity contribution in [1.29, 1.82) is 0 Å². The zero-order chi connectivity index (χ0) is 12.7. The summed E-state index contributed by atoms with van der Waals surface area (Å²) < 4.78 is 3.46. The van der Waals surface area contributed by atoms with Crippen LogP contribution in [-0.2, 0) is 0 Å². The minimum absolute atomic E-state index is 0.284. The quantitative estimate of drug-likeness (QED) is 0.318. The highest BCUT2D eigenvalue weighted by molar-refractivity contribution is 5.62. The first kappa shape index (κ1) is 10.4. The molecule has 2 aromatic heterocycles. The van der Waals surface area contributed by atoms with Crippen molar-refractivity contribution in [2.45, 2.75) is 0 Å². The predicted octanol–water partition coefficient (Wildman–Crippen LogP) is -2.37. The van der Waals surface area contributed by atoms with Crippen LogP contribution in [0.5, 0.6) is 0 Å². The minimum Gasteiger partial charge on any atom is -0.256 e. The maximum absolute atomic E-state index is 11.2. The van der Waals surface area contributed by atoms with E-state index >= 15 is 0 Å². The lowest BCUT2D eigenvalue weighted by molar-refractivity contribution is -0.550. The second-order valence-corrected chi connectivity index (χ2v) is 2.62. The second-order valence-electron chi connectivity index (χ2n) is 2.62. The molecule has 0 aliphatic heterocycles. The standard InChI is InChI=1S/C4N6O7/c11-3-4(12)8(10(15)16)2-1(5-17-6-2)7(3)9(13)14. The molecule has 0 saturated carbocycles. The van der Waals surface area contributed by atoms with Gasteiger partial charge in [0.15, 0.2) is 10.1 Å². The summed E-state index contributed by atoms with van der Waals surface area (Å²) in [6, 6.07) is 0. The van der Waals surface area contributed by atoms with Crippen molar-refractivity contribution in [2.75, 3.05) is 0 Å². The first-order chi connectivity index (χ1) is 7.95. The van der Waals surface area contributed by atoms with E-state index in [1.165, 1.54) is 0 Å². The van der Waals surface area contributed by atoms with E-state index in [4.69, 9.17) is 0 Å². The van der Waals surface area contributed by atoms with Crippen molar-refractivity contribution >= 4 is 11.3 Å². The third-order valence-electron chi connectivity index (χ3n) is 1.75. The Hall–Kier alpha value is -3.12. The van der Waals surface area contributed by atoms with Gasteiger partial charge in [0.05, 0.1) is 0 Å². The Balaban J connectivity index is 3.14. The Labute approximate surface area is 87.7 Å². The largest absolute Gasteiger partial charge is 0.385 e. The van der Waals surface area contributed by atoms with Gasteiger partial charge in [-0.15, -0.1) is 0 Å². The molecule has 0 radical (unpaired) electrons. The van der Waals surface area contributed by atoms with Crippen LogP contribution < -0.4 is 11.1 Å². The maximum Gasteiger partial charge on any atom is 0.385 e. The van der Waals surface area contributed by atoms with Crippen molar-refractivity contribution in [1.82, 2.24) is 19.7 Å². The monoisotopic (exact) mass is 244 g/mol. The molecule has 0 spiro atoms. The molecular formula is C4N6O7. The van der Waals surface area contributed by atoms with E-state index in [1.807, 2.05) is 0 Å². The van der Waals surface area contributed by atoms with E-state index in [2.05, 4.69) is 14.9 Å². The van der Waals surface area contributed by atoms with Gasteiger partial charge in [0.25, 0.3) is 11.3 Å². The topological polar surface area (TPSA) is 169 Å². The lowest BCUT2D eigenvalue weighted by Gasteiger charge is -1.95. The molecule has 0 unspecified atom stereocenters.